The Kier molecular flexibility index (Phi) is 4.58. The fourth-order valence-corrected chi connectivity index (χ4v) is 4.08. The van der Waals surface area contributed by atoms with Crippen molar-refractivity contribution in [3.05, 3.63) is 59.7 Å². The van der Waals surface area contributed by atoms with E-state index in [1.165, 1.54) is 12.0 Å². The lowest BCUT2D eigenvalue weighted by Crippen LogP contribution is -2.41. The maximum Gasteiger partial charge on any atom is 0.410 e. The summed E-state index contributed by atoms with van der Waals surface area (Å²) in [5.41, 5.74) is 4.55. The molecule has 27 heavy (non-hydrogen) atoms. The maximum absolute atomic E-state index is 12.6. The van der Waals surface area contributed by atoms with E-state index in [9.17, 15) is 14.7 Å². The van der Waals surface area contributed by atoms with Gasteiger partial charge in [-0.05, 0) is 22.3 Å². The van der Waals surface area contributed by atoms with Crippen molar-refractivity contribution >= 4 is 12.1 Å². The summed E-state index contributed by atoms with van der Waals surface area (Å²) >= 11 is 0. The fraction of sp³-hybridized carbons (Fsp3) is 0.333. The third kappa shape index (κ3) is 3.06. The number of nitrogens with zero attached hydrogens (tertiary/aromatic N) is 1. The summed E-state index contributed by atoms with van der Waals surface area (Å²) in [6.45, 7) is 0.400. The largest absolute Gasteiger partial charge is 0.480 e. The summed E-state index contributed by atoms with van der Waals surface area (Å²) < 4.78 is 10.8. The number of carboxylic acid groups (broad SMARTS) is 1. The van der Waals surface area contributed by atoms with Crippen LogP contribution in [0.15, 0.2) is 48.5 Å². The maximum atomic E-state index is 12.6. The van der Waals surface area contributed by atoms with E-state index in [0.717, 1.165) is 22.3 Å². The Labute approximate surface area is 157 Å². The zero-order valence-corrected chi connectivity index (χ0v) is 15.0. The van der Waals surface area contributed by atoms with E-state index in [-0.39, 0.29) is 31.6 Å². The third-order valence-electron chi connectivity index (χ3n) is 5.45. The molecule has 6 heteroatoms. The van der Waals surface area contributed by atoms with Crippen LogP contribution in [0.25, 0.3) is 11.1 Å². The Bertz CT molecular complexity index is 835. The predicted octanol–water partition coefficient (Wildman–Crippen LogP) is 3.11. The van der Waals surface area contributed by atoms with Crippen LogP contribution in [-0.4, -0.2) is 54.5 Å². The molecule has 0 radical (unpaired) electrons. The monoisotopic (exact) mass is 367 g/mol. The van der Waals surface area contributed by atoms with Crippen LogP contribution in [0, 0.1) is 0 Å². The normalized spacial score (nSPS) is 21.0. The van der Waals surface area contributed by atoms with E-state index in [2.05, 4.69) is 12.1 Å². The van der Waals surface area contributed by atoms with Gasteiger partial charge in [-0.1, -0.05) is 48.5 Å². The average molecular weight is 367 g/mol. The van der Waals surface area contributed by atoms with E-state index >= 15 is 0 Å². The van der Waals surface area contributed by atoms with Crippen molar-refractivity contribution in [2.24, 2.45) is 0 Å². The van der Waals surface area contributed by atoms with Gasteiger partial charge >= 0.3 is 12.1 Å². The summed E-state index contributed by atoms with van der Waals surface area (Å²) in [5, 5.41) is 9.38. The van der Waals surface area contributed by atoms with Crippen molar-refractivity contribution < 1.29 is 24.2 Å². The average Bonchev–Trinajstić information content (AvgIpc) is 3.26. The van der Waals surface area contributed by atoms with E-state index in [0.29, 0.717) is 0 Å². The highest BCUT2D eigenvalue weighted by Gasteiger charge is 2.41. The number of hydrogen-bond donors (Lipinski definition) is 1. The van der Waals surface area contributed by atoms with Crippen LogP contribution >= 0.6 is 0 Å². The lowest BCUT2D eigenvalue weighted by atomic mass is 9.98. The lowest BCUT2D eigenvalue weighted by molar-refractivity contribution is -0.141. The first-order valence-corrected chi connectivity index (χ1v) is 8.97. The molecule has 1 amide bonds. The molecule has 1 heterocycles. The van der Waals surface area contributed by atoms with Gasteiger partial charge in [-0.2, -0.15) is 0 Å². The molecular weight excluding hydrogens is 346 g/mol. The second-order valence-electron chi connectivity index (χ2n) is 6.90. The van der Waals surface area contributed by atoms with Gasteiger partial charge in [0.15, 0.2) is 0 Å². The summed E-state index contributed by atoms with van der Waals surface area (Å²) in [6.07, 6.45) is -0.619. The van der Waals surface area contributed by atoms with E-state index < -0.39 is 18.1 Å². The predicted molar refractivity (Wildman–Crippen MR) is 98.6 cm³/mol. The van der Waals surface area contributed by atoms with E-state index in [1.807, 2.05) is 36.4 Å². The molecule has 1 aliphatic heterocycles. The number of carbonyl (C=O) groups is 2. The highest BCUT2D eigenvalue weighted by molar-refractivity contribution is 5.81. The number of rotatable bonds is 4. The number of hydrogen-bond acceptors (Lipinski definition) is 4. The van der Waals surface area contributed by atoms with Crippen molar-refractivity contribution in [1.29, 1.82) is 0 Å². The van der Waals surface area contributed by atoms with Gasteiger partial charge in [-0.3, -0.25) is 4.90 Å². The number of methoxy groups -OCH3 is 1. The van der Waals surface area contributed by atoms with Crippen LogP contribution in [0.2, 0.25) is 0 Å². The zero-order valence-electron chi connectivity index (χ0n) is 15.0. The van der Waals surface area contributed by atoms with Gasteiger partial charge < -0.3 is 14.6 Å². The smallest absolute Gasteiger partial charge is 0.410 e. The van der Waals surface area contributed by atoms with Crippen molar-refractivity contribution in [1.82, 2.24) is 4.90 Å². The molecule has 1 N–H and O–H groups in total. The van der Waals surface area contributed by atoms with Crippen LogP contribution in [0.5, 0.6) is 0 Å². The first-order chi connectivity index (χ1) is 13.1. The first kappa shape index (κ1) is 17.5. The Morgan fingerprint density at radius 2 is 1.67 bits per heavy atom. The van der Waals surface area contributed by atoms with Gasteiger partial charge in [0.25, 0.3) is 0 Å². The molecular formula is C21H21NO5. The van der Waals surface area contributed by atoms with Gasteiger partial charge in [0.2, 0.25) is 0 Å². The molecule has 2 atom stereocenters. The molecule has 1 aliphatic carbocycles. The molecule has 140 valence electrons. The minimum absolute atomic E-state index is 0.0505. The number of carbonyl (C=O) groups excluding carboxylic acids is 1. The molecule has 0 bridgehead atoms. The molecule has 0 saturated carbocycles. The number of aliphatic carboxylic acids is 1. The summed E-state index contributed by atoms with van der Waals surface area (Å²) in [6, 6.07) is 15.3. The van der Waals surface area contributed by atoms with Gasteiger partial charge in [0, 0.05) is 19.4 Å². The van der Waals surface area contributed by atoms with E-state index in [1.54, 1.807) is 0 Å². The van der Waals surface area contributed by atoms with Crippen LogP contribution in [0.4, 0.5) is 4.79 Å². The SMILES string of the molecule is CO[C@@H]1C[C@@H](C(=O)O)N(C(=O)OCC2c3ccccc3-c3ccccc32)C1. The first-order valence-electron chi connectivity index (χ1n) is 8.97. The lowest BCUT2D eigenvalue weighted by Gasteiger charge is -2.22. The molecule has 6 nitrogen and oxygen atoms in total. The van der Waals surface area contributed by atoms with Crippen LogP contribution in [0.1, 0.15) is 23.5 Å². The van der Waals surface area contributed by atoms with Gasteiger partial charge in [-0.15, -0.1) is 0 Å². The van der Waals surface area contributed by atoms with Crippen molar-refractivity contribution in [3.63, 3.8) is 0 Å². The minimum atomic E-state index is -1.04. The van der Waals surface area contributed by atoms with Crippen molar-refractivity contribution in [3.8, 4) is 11.1 Å². The molecule has 2 aromatic rings. The Morgan fingerprint density at radius 3 is 2.22 bits per heavy atom. The van der Waals surface area contributed by atoms with Gasteiger partial charge in [0.1, 0.15) is 12.6 Å². The fourth-order valence-electron chi connectivity index (χ4n) is 4.08. The number of ether oxygens (including phenoxy) is 2. The van der Waals surface area contributed by atoms with E-state index in [4.69, 9.17) is 9.47 Å². The van der Waals surface area contributed by atoms with Crippen LogP contribution < -0.4 is 0 Å². The second-order valence-corrected chi connectivity index (χ2v) is 6.90. The molecule has 0 spiro atoms. The molecule has 2 aromatic carbocycles. The van der Waals surface area contributed by atoms with Gasteiger partial charge in [-0.25, -0.2) is 9.59 Å². The Hall–Kier alpha value is -2.86. The molecule has 1 fully saturated rings. The van der Waals surface area contributed by atoms with Crippen molar-refractivity contribution in [2.75, 3.05) is 20.3 Å². The molecule has 0 aromatic heterocycles. The van der Waals surface area contributed by atoms with Gasteiger partial charge in [0.05, 0.1) is 12.6 Å². The van der Waals surface area contributed by atoms with Crippen LogP contribution in [0.3, 0.4) is 0 Å². The number of amides is 1. The Morgan fingerprint density at radius 1 is 1.07 bits per heavy atom. The standard InChI is InChI=1S/C21H21NO5/c1-26-13-10-19(20(23)24)22(11-13)21(25)27-12-18-16-8-4-2-6-14(16)15-7-3-5-9-17(15)18/h2-9,13,18-19H,10-12H2,1H3,(H,23,24)/t13-,19+/m1/s1. The number of likely N-dealkylation sites (tertiary alicyclic amines) is 1. The molecule has 1 saturated heterocycles. The summed E-state index contributed by atoms with van der Waals surface area (Å²) in [7, 11) is 1.52. The molecule has 4 rings (SSSR count). The second kappa shape index (κ2) is 7.04. The third-order valence-corrected chi connectivity index (χ3v) is 5.45. The summed E-state index contributed by atoms with van der Waals surface area (Å²) in [4.78, 5) is 25.3. The van der Waals surface area contributed by atoms with Crippen LogP contribution in [-0.2, 0) is 14.3 Å². The quantitative estimate of drug-likeness (QED) is 0.899. The number of benzene rings is 2. The Balaban J connectivity index is 1.52. The highest BCUT2D eigenvalue weighted by Crippen LogP contribution is 2.44. The summed E-state index contributed by atoms with van der Waals surface area (Å²) in [5.74, 6) is -1.09. The minimum Gasteiger partial charge on any atom is -0.480 e. The topological polar surface area (TPSA) is 76.1 Å². The molecule has 0 unspecified atom stereocenters. The van der Waals surface area contributed by atoms with Crippen molar-refractivity contribution in [2.45, 2.75) is 24.5 Å². The highest BCUT2D eigenvalue weighted by atomic mass is 16.6. The molecule has 2 aliphatic rings. The zero-order chi connectivity index (χ0) is 19.0. The number of fused-ring (bicyclic) bond motifs is 3. The number of carboxylic acids is 1.